The van der Waals surface area contributed by atoms with Gasteiger partial charge in [-0.2, -0.15) is 13.2 Å². The lowest BCUT2D eigenvalue weighted by Crippen LogP contribution is -2.24. The molecule has 3 N–H and O–H groups in total. The zero-order valence-electron chi connectivity index (χ0n) is 9.49. The molecule has 4 nitrogen and oxygen atoms in total. The fourth-order valence-electron chi connectivity index (χ4n) is 1.58. The molecular weight excluding hydrogens is 251 g/mol. The van der Waals surface area contributed by atoms with Crippen LogP contribution in [0.1, 0.15) is 24.5 Å². The van der Waals surface area contributed by atoms with Gasteiger partial charge in [0.25, 0.3) is 0 Å². The summed E-state index contributed by atoms with van der Waals surface area (Å²) >= 11 is 0. The van der Waals surface area contributed by atoms with Crippen molar-refractivity contribution < 1.29 is 28.6 Å². The second-order valence-electron chi connectivity index (χ2n) is 3.66. The van der Waals surface area contributed by atoms with Gasteiger partial charge in [-0.05, 0) is 18.6 Å². The number of phenols is 2. The molecule has 100 valence electrons. The van der Waals surface area contributed by atoms with Gasteiger partial charge in [-0.3, -0.25) is 0 Å². The fraction of sp³-hybridized carbons (Fsp3) is 0.364. The molecule has 1 aromatic rings. The third-order valence-corrected chi connectivity index (χ3v) is 2.38. The molecule has 0 aromatic heterocycles. The predicted octanol–water partition coefficient (Wildman–Crippen LogP) is 2.79. The van der Waals surface area contributed by atoms with E-state index in [1.165, 1.54) is 0 Å². The van der Waals surface area contributed by atoms with E-state index in [0.29, 0.717) is 6.42 Å². The van der Waals surface area contributed by atoms with Crippen molar-refractivity contribution in [3.63, 3.8) is 0 Å². The first-order valence-electron chi connectivity index (χ1n) is 5.16. The maximum atomic E-state index is 12.5. The minimum absolute atomic E-state index is 0.000370. The molecule has 0 unspecified atom stereocenters. The Kier molecular flexibility index (Phi) is 4.05. The van der Waals surface area contributed by atoms with E-state index in [1.54, 1.807) is 6.92 Å². The number of aromatic hydroxyl groups is 2. The largest absolute Gasteiger partial charge is 0.508 e. The molecule has 0 fully saturated rings. The molecule has 1 rings (SSSR count). The highest BCUT2D eigenvalue weighted by Gasteiger charge is 2.39. The summed E-state index contributed by atoms with van der Waals surface area (Å²) in [6, 6.07) is 1.88. The number of hydrogen-bond donors (Lipinski definition) is 3. The second-order valence-corrected chi connectivity index (χ2v) is 3.66. The van der Waals surface area contributed by atoms with Crippen molar-refractivity contribution >= 4 is 5.71 Å². The van der Waals surface area contributed by atoms with Gasteiger partial charge >= 0.3 is 6.18 Å². The van der Waals surface area contributed by atoms with Gasteiger partial charge in [0.1, 0.15) is 11.5 Å². The predicted molar refractivity (Wildman–Crippen MR) is 58.1 cm³/mol. The SMILES string of the molecule is CCCc1c(O)ccc(/C(=N/O)C(F)(F)F)c1O. The lowest BCUT2D eigenvalue weighted by Gasteiger charge is -2.13. The third-order valence-electron chi connectivity index (χ3n) is 2.38. The summed E-state index contributed by atoms with van der Waals surface area (Å²) in [6.07, 6.45) is -4.16. The van der Waals surface area contributed by atoms with Gasteiger partial charge in [0, 0.05) is 5.56 Å². The van der Waals surface area contributed by atoms with E-state index in [-0.39, 0.29) is 17.7 Å². The summed E-state index contributed by atoms with van der Waals surface area (Å²) in [5, 5.41) is 29.8. The maximum Gasteiger partial charge on any atom is 0.437 e. The third kappa shape index (κ3) is 2.66. The van der Waals surface area contributed by atoms with Crippen LogP contribution in [0.15, 0.2) is 17.3 Å². The first kappa shape index (κ1) is 14.1. The Morgan fingerprint density at radius 3 is 2.33 bits per heavy atom. The summed E-state index contributed by atoms with van der Waals surface area (Å²) < 4.78 is 37.6. The van der Waals surface area contributed by atoms with E-state index in [4.69, 9.17) is 5.21 Å². The van der Waals surface area contributed by atoms with Crippen LogP contribution >= 0.6 is 0 Å². The number of nitrogens with zero attached hydrogens (tertiary/aromatic N) is 1. The van der Waals surface area contributed by atoms with Crippen LogP contribution in [0.4, 0.5) is 13.2 Å². The monoisotopic (exact) mass is 263 g/mol. The van der Waals surface area contributed by atoms with Crippen LogP contribution in [-0.2, 0) is 6.42 Å². The summed E-state index contributed by atoms with van der Waals surface area (Å²) in [4.78, 5) is 0. The number of hydrogen-bond acceptors (Lipinski definition) is 4. The van der Waals surface area contributed by atoms with Crippen LogP contribution < -0.4 is 0 Å². The standard InChI is InChI=1S/C11H12F3NO3/c1-2-3-6-8(16)5-4-7(9(6)17)10(15-18)11(12,13)14/h4-5,16-18H,2-3H2,1H3/b15-10-. The molecule has 0 aliphatic heterocycles. The van der Waals surface area contributed by atoms with Crippen molar-refractivity contribution in [1.82, 2.24) is 0 Å². The van der Waals surface area contributed by atoms with E-state index < -0.39 is 23.2 Å². The van der Waals surface area contributed by atoms with Crippen LogP contribution in [-0.4, -0.2) is 27.3 Å². The van der Waals surface area contributed by atoms with Crippen molar-refractivity contribution in [1.29, 1.82) is 0 Å². The number of halogens is 3. The molecule has 0 aliphatic carbocycles. The van der Waals surface area contributed by atoms with Crippen molar-refractivity contribution in [3.05, 3.63) is 23.3 Å². The Bertz CT molecular complexity index is 469. The zero-order valence-corrected chi connectivity index (χ0v) is 9.49. The maximum absolute atomic E-state index is 12.5. The first-order chi connectivity index (χ1) is 8.32. The number of rotatable bonds is 3. The average Bonchev–Trinajstić information content (AvgIpc) is 2.26. The Morgan fingerprint density at radius 1 is 1.28 bits per heavy atom. The van der Waals surface area contributed by atoms with Crippen LogP contribution in [0.3, 0.4) is 0 Å². The van der Waals surface area contributed by atoms with Crippen LogP contribution in [0, 0.1) is 0 Å². The van der Waals surface area contributed by atoms with Gasteiger partial charge in [-0.15, -0.1) is 0 Å². The molecule has 0 radical (unpaired) electrons. The minimum Gasteiger partial charge on any atom is -0.508 e. The molecular formula is C11H12F3NO3. The van der Waals surface area contributed by atoms with Crippen LogP contribution in [0.2, 0.25) is 0 Å². The molecule has 0 amide bonds. The smallest absolute Gasteiger partial charge is 0.437 e. The number of oxime groups is 1. The summed E-state index contributed by atoms with van der Waals surface area (Å²) in [6.45, 7) is 1.75. The van der Waals surface area contributed by atoms with Crippen molar-refractivity contribution in [2.45, 2.75) is 25.9 Å². The number of phenolic OH excluding ortho intramolecular Hbond substituents is 2. The Morgan fingerprint density at radius 2 is 1.89 bits per heavy atom. The Labute approximate surface area is 101 Å². The minimum atomic E-state index is -4.90. The van der Waals surface area contributed by atoms with Crippen LogP contribution in [0.5, 0.6) is 11.5 Å². The molecule has 18 heavy (non-hydrogen) atoms. The van der Waals surface area contributed by atoms with E-state index in [1.807, 2.05) is 0 Å². The molecule has 7 heteroatoms. The fourth-order valence-corrected chi connectivity index (χ4v) is 1.58. The Balaban J connectivity index is 3.39. The molecule has 1 aromatic carbocycles. The second kappa shape index (κ2) is 5.16. The summed E-state index contributed by atoms with van der Waals surface area (Å²) in [7, 11) is 0. The van der Waals surface area contributed by atoms with E-state index >= 15 is 0 Å². The quantitative estimate of drug-likeness (QED) is 0.446. The summed E-state index contributed by atoms with van der Waals surface area (Å²) in [5.74, 6) is -1.01. The van der Waals surface area contributed by atoms with Gasteiger partial charge in [0.2, 0.25) is 0 Å². The summed E-state index contributed by atoms with van der Waals surface area (Å²) in [5.41, 5.74) is -2.26. The molecule has 0 saturated heterocycles. The zero-order chi connectivity index (χ0) is 13.9. The highest BCUT2D eigenvalue weighted by molar-refractivity contribution is 6.06. The van der Waals surface area contributed by atoms with Crippen molar-refractivity contribution in [2.75, 3.05) is 0 Å². The topological polar surface area (TPSA) is 73.1 Å². The van der Waals surface area contributed by atoms with Crippen molar-refractivity contribution in [3.8, 4) is 11.5 Å². The first-order valence-corrected chi connectivity index (χ1v) is 5.16. The Hall–Kier alpha value is -1.92. The molecule has 0 heterocycles. The van der Waals surface area contributed by atoms with Gasteiger partial charge in [-0.1, -0.05) is 18.5 Å². The van der Waals surface area contributed by atoms with E-state index in [2.05, 4.69) is 5.16 Å². The van der Waals surface area contributed by atoms with E-state index in [9.17, 15) is 23.4 Å². The van der Waals surface area contributed by atoms with E-state index in [0.717, 1.165) is 12.1 Å². The van der Waals surface area contributed by atoms with Crippen molar-refractivity contribution in [2.24, 2.45) is 5.16 Å². The highest BCUT2D eigenvalue weighted by Crippen LogP contribution is 2.35. The molecule has 0 spiro atoms. The number of alkyl halides is 3. The molecule has 0 aliphatic rings. The van der Waals surface area contributed by atoms with Gasteiger partial charge in [0.15, 0.2) is 5.71 Å². The molecule has 0 saturated carbocycles. The van der Waals surface area contributed by atoms with Gasteiger partial charge in [0.05, 0.1) is 5.56 Å². The lowest BCUT2D eigenvalue weighted by molar-refractivity contribution is -0.0602. The molecule has 0 bridgehead atoms. The lowest BCUT2D eigenvalue weighted by atomic mass is 10.0. The average molecular weight is 263 g/mol. The van der Waals surface area contributed by atoms with Gasteiger partial charge in [-0.25, -0.2) is 0 Å². The molecule has 0 atom stereocenters. The normalized spacial score (nSPS) is 12.8. The van der Waals surface area contributed by atoms with Crippen LogP contribution in [0.25, 0.3) is 0 Å². The highest BCUT2D eigenvalue weighted by atomic mass is 19.4. The number of benzene rings is 1. The van der Waals surface area contributed by atoms with Gasteiger partial charge < -0.3 is 15.4 Å².